The fraction of sp³-hybridized carbons (Fsp3) is 0.474. The van der Waals surface area contributed by atoms with Gasteiger partial charge >= 0.3 is 0 Å². The van der Waals surface area contributed by atoms with Crippen LogP contribution in [0.5, 0.6) is 0 Å². The molecule has 1 fully saturated rings. The van der Waals surface area contributed by atoms with Crippen LogP contribution in [0.1, 0.15) is 31.5 Å². The van der Waals surface area contributed by atoms with Crippen molar-refractivity contribution in [1.29, 1.82) is 0 Å². The Morgan fingerprint density at radius 2 is 1.96 bits per heavy atom. The minimum Gasteiger partial charge on any atom is -0.367 e. The summed E-state index contributed by atoms with van der Waals surface area (Å²) in [5.41, 5.74) is 7.21. The highest BCUT2D eigenvalue weighted by molar-refractivity contribution is 5.78. The monoisotopic (exact) mass is 357 g/mol. The van der Waals surface area contributed by atoms with Crippen LogP contribution in [0.25, 0.3) is 11.3 Å². The zero-order valence-electron chi connectivity index (χ0n) is 14.7. The van der Waals surface area contributed by atoms with E-state index in [4.69, 9.17) is 10.7 Å². The predicted molar refractivity (Wildman–Crippen MR) is 98.0 cm³/mol. The second kappa shape index (κ2) is 7.07. The summed E-state index contributed by atoms with van der Waals surface area (Å²) < 4.78 is 15.5. The third kappa shape index (κ3) is 3.19. The maximum Gasteiger partial charge on any atom is 0.236 e. The van der Waals surface area contributed by atoms with Gasteiger partial charge in [-0.05, 0) is 37.1 Å². The Labute approximate surface area is 152 Å². The molecule has 2 aromatic rings. The van der Waals surface area contributed by atoms with Gasteiger partial charge in [0.05, 0.1) is 13.1 Å². The molecule has 0 bridgehead atoms. The van der Waals surface area contributed by atoms with Crippen LogP contribution in [-0.2, 0) is 17.9 Å². The molecule has 7 heteroatoms. The fourth-order valence-corrected chi connectivity index (χ4v) is 3.89. The first kappa shape index (κ1) is 17.0. The number of benzene rings is 1. The zero-order valence-corrected chi connectivity index (χ0v) is 14.7. The van der Waals surface area contributed by atoms with Gasteiger partial charge in [-0.3, -0.25) is 4.79 Å². The molecule has 1 aromatic heterocycles. The van der Waals surface area contributed by atoms with E-state index in [-0.39, 0.29) is 18.3 Å². The van der Waals surface area contributed by atoms with Gasteiger partial charge in [0, 0.05) is 24.7 Å². The highest BCUT2D eigenvalue weighted by Gasteiger charge is 2.28. The number of carbonyl (C=O) groups is 1. The number of nitrogens with two attached hydrogens (primary N) is 1. The van der Waals surface area contributed by atoms with E-state index >= 15 is 0 Å². The molecule has 1 amide bonds. The quantitative estimate of drug-likeness (QED) is 0.881. The molecule has 138 valence electrons. The van der Waals surface area contributed by atoms with Gasteiger partial charge < -0.3 is 20.5 Å². The van der Waals surface area contributed by atoms with Crippen LogP contribution < -0.4 is 11.1 Å². The van der Waals surface area contributed by atoms with Gasteiger partial charge in [-0.15, -0.1) is 0 Å². The van der Waals surface area contributed by atoms with Gasteiger partial charge in [-0.1, -0.05) is 12.8 Å². The number of aromatic nitrogens is 2. The van der Waals surface area contributed by atoms with E-state index in [9.17, 15) is 9.18 Å². The molecule has 3 N–H and O–H groups in total. The minimum atomic E-state index is -0.261. The molecule has 0 unspecified atom stereocenters. The molecule has 2 heterocycles. The summed E-state index contributed by atoms with van der Waals surface area (Å²) in [6, 6.07) is 6.87. The average Bonchev–Trinajstić information content (AvgIpc) is 3.30. The van der Waals surface area contributed by atoms with E-state index in [2.05, 4.69) is 9.88 Å². The first-order valence-electron chi connectivity index (χ1n) is 9.25. The summed E-state index contributed by atoms with van der Waals surface area (Å²) in [5.74, 6) is 1.51. The zero-order chi connectivity index (χ0) is 18.1. The van der Waals surface area contributed by atoms with E-state index in [1.165, 1.54) is 25.0 Å². The minimum absolute atomic E-state index is 0.0126. The summed E-state index contributed by atoms with van der Waals surface area (Å²) >= 11 is 0. The van der Waals surface area contributed by atoms with Gasteiger partial charge in [0.15, 0.2) is 0 Å². The van der Waals surface area contributed by atoms with Gasteiger partial charge in [-0.2, -0.15) is 0 Å². The van der Waals surface area contributed by atoms with Gasteiger partial charge in [0.25, 0.3) is 0 Å². The Kier molecular flexibility index (Phi) is 4.63. The van der Waals surface area contributed by atoms with Crippen LogP contribution in [-0.4, -0.2) is 39.5 Å². The highest BCUT2D eigenvalue weighted by atomic mass is 19.1. The van der Waals surface area contributed by atoms with Crippen LogP contribution in [0, 0.1) is 5.82 Å². The van der Waals surface area contributed by atoms with Crippen molar-refractivity contribution in [3.63, 3.8) is 0 Å². The van der Waals surface area contributed by atoms with Crippen LogP contribution in [0.3, 0.4) is 0 Å². The molecule has 0 radical (unpaired) electrons. The number of nitrogens with one attached hydrogen (secondary N) is 1. The second-order valence-electron chi connectivity index (χ2n) is 7.03. The van der Waals surface area contributed by atoms with Crippen LogP contribution >= 0.6 is 0 Å². The number of amides is 1. The highest BCUT2D eigenvalue weighted by Crippen LogP contribution is 2.33. The molecule has 0 spiro atoms. The van der Waals surface area contributed by atoms with Gasteiger partial charge in [0.2, 0.25) is 5.91 Å². The Hall–Kier alpha value is -2.41. The standard InChI is InChI=1S/C19H24FN5O/c20-14-7-5-13(6-8-14)18-19(22-15-3-1-2-4-15)25-10-9-24(17(26)11-21)12-16(25)23-18/h5-8,15,22H,1-4,9-12,21H2. The first-order valence-corrected chi connectivity index (χ1v) is 9.25. The topological polar surface area (TPSA) is 76.2 Å². The fourth-order valence-electron chi connectivity index (χ4n) is 3.89. The predicted octanol–water partition coefficient (Wildman–Crippen LogP) is 2.34. The summed E-state index contributed by atoms with van der Waals surface area (Å²) in [6.07, 6.45) is 4.79. The Bertz CT molecular complexity index is 795. The molecule has 1 aliphatic carbocycles. The number of hydrogen-bond acceptors (Lipinski definition) is 4. The maximum absolute atomic E-state index is 13.3. The molecule has 1 saturated carbocycles. The number of hydrogen-bond donors (Lipinski definition) is 2. The van der Waals surface area contributed by atoms with Crippen LogP contribution in [0.2, 0.25) is 0 Å². The third-order valence-corrected chi connectivity index (χ3v) is 5.31. The lowest BCUT2D eigenvalue weighted by atomic mass is 10.1. The van der Waals surface area contributed by atoms with Crippen molar-refractivity contribution in [2.45, 2.75) is 44.8 Å². The summed E-state index contributed by atoms with van der Waals surface area (Å²) in [4.78, 5) is 18.5. The number of fused-ring (bicyclic) bond motifs is 1. The van der Waals surface area contributed by atoms with Crippen molar-refractivity contribution in [2.75, 3.05) is 18.4 Å². The largest absolute Gasteiger partial charge is 0.367 e. The molecule has 6 nitrogen and oxygen atoms in total. The van der Waals surface area contributed by atoms with Gasteiger partial charge in [0.1, 0.15) is 23.2 Å². The SMILES string of the molecule is NCC(=O)N1CCn2c(nc(-c3ccc(F)cc3)c2NC2CCCC2)C1. The summed E-state index contributed by atoms with van der Waals surface area (Å²) in [5, 5.41) is 3.67. The molecule has 4 rings (SSSR count). The van der Waals surface area contributed by atoms with E-state index < -0.39 is 0 Å². The number of anilines is 1. The van der Waals surface area contributed by atoms with E-state index in [1.54, 1.807) is 17.0 Å². The van der Waals surface area contributed by atoms with Crippen molar-refractivity contribution in [3.05, 3.63) is 35.9 Å². The number of imidazole rings is 1. The number of nitrogens with zero attached hydrogens (tertiary/aromatic N) is 3. The molecule has 1 aliphatic heterocycles. The molecular weight excluding hydrogens is 333 g/mol. The van der Waals surface area contributed by atoms with Crippen molar-refractivity contribution < 1.29 is 9.18 Å². The van der Waals surface area contributed by atoms with Crippen LogP contribution in [0.15, 0.2) is 24.3 Å². The first-order chi connectivity index (χ1) is 12.7. The van der Waals surface area contributed by atoms with E-state index in [1.807, 2.05) is 0 Å². The molecular formula is C19H24FN5O. The third-order valence-electron chi connectivity index (χ3n) is 5.31. The van der Waals surface area contributed by atoms with Crippen molar-refractivity contribution in [3.8, 4) is 11.3 Å². The second-order valence-corrected chi connectivity index (χ2v) is 7.03. The number of halogens is 1. The van der Waals surface area contributed by atoms with E-state index in [0.29, 0.717) is 25.7 Å². The summed E-state index contributed by atoms with van der Waals surface area (Å²) in [6.45, 7) is 1.78. The summed E-state index contributed by atoms with van der Waals surface area (Å²) in [7, 11) is 0. The van der Waals surface area contributed by atoms with E-state index in [0.717, 1.165) is 35.7 Å². The lowest BCUT2D eigenvalue weighted by Gasteiger charge is -2.28. The smallest absolute Gasteiger partial charge is 0.236 e. The van der Waals surface area contributed by atoms with Crippen molar-refractivity contribution in [1.82, 2.24) is 14.5 Å². The van der Waals surface area contributed by atoms with Gasteiger partial charge in [-0.25, -0.2) is 9.37 Å². The number of carbonyl (C=O) groups excluding carboxylic acids is 1. The number of rotatable bonds is 4. The average molecular weight is 357 g/mol. The molecule has 2 aliphatic rings. The lowest BCUT2D eigenvalue weighted by Crippen LogP contribution is -2.41. The molecule has 26 heavy (non-hydrogen) atoms. The Morgan fingerprint density at radius 3 is 2.65 bits per heavy atom. The molecule has 0 atom stereocenters. The maximum atomic E-state index is 13.3. The molecule has 1 aromatic carbocycles. The van der Waals surface area contributed by atoms with Crippen LogP contribution in [0.4, 0.5) is 10.2 Å². The van der Waals surface area contributed by atoms with Crippen molar-refractivity contribution >= 4 is 11.7 Å². The lowest BCUT2D eigenvalue weighted by molar-refractivity contribution is -0.131. The van der Waals surface area contributed by atoms with Crippen molar-refractivity contribution in [2.24, 2.45) is 5.73 Å². The molecule has 0 saturated heterocycles. The Morgan fingerprint density at radius 1 is 1.23 bits per heavy atom. The Balaban J connectivity index is 1.71. The normalized spacial score (nSPS) is 17.4.